The summed E-state index contributed by atoms with van der Waals surface area (Å²) < 4.78 is 5.43. The molecule has 1 fully saturated rings. The number of rotatable bonds is 5. The molecule has 0 spiro atoms. The van der Waals surface area contributed by atoms with Gasteiger partial charge in [-0.15, -0.1) is 0 Å². The van der Waals surface area contributed by atoms with Crippen molar-refractivity contribution in [3.05, 3.63) is 65.7 Å². The third-order valence-corrected chi connectivity index (χ3v) is 4.50. The van der Waals surface area contributed by atoms with Crippen LogP contribution >= 0.6 is 0 Å². The standard InChI is InChI=1S/C19H21NO3/c1-23-18-10-6-5-9-15(18)16-12-20(13-17(16)19(21)22)11-14-7-3-2-4-8-14/h2-10,16-17H,11-13H2,1H3,(H,21,22)/t16-,17-/m0/s1. The van der Waals surface area contributed by atoms with Crippen LogP contribution in [0.2, 0.25) is 0 Å². The molecule has 0 aliphatic carbocycles. The predicted octanol–water partition coefficient (Wildman–Crippen LogP) is 3.00. The lowest BCUT2D eigenvalue weighted by Gasteiger charge is -2.18. The largest absolute Gasteiger partial charge is 0.496 e. The van der Waals surface area contributed by atoms with E-state index in [1.807, 2.05) is 42.5 Å². The highest BCUT2D eigenvalue weighted by molar-refractivity contribution is 5.72. The second kappa shape index (κ2) is 6.84. The second-order valence-corrected chi connectivity index (χ2v) is 5.97. The van der Waals surface area contributed by atoms with Gasteiger partial charge in [-0.2, -0.15) is 0 Å². The van der Waals surface area contributed by atoms with E-state index in [1.54, 1.807) is 7.11 Å². The molecule has 3 rings (SSSR count). The Morgan fingerprint density at radius 1 is 1.13 bits per heavy atom. The quantitative estimate of drug-likeness (QED) is 0.922. The van der Waals surface area contributed by atoms with E-state index in [-0.39, 0.29) is 5.92 Å². The molecule has 1 N–H and O–H groups in total. The Labute approximate surface area is 136 Å². The first-order valence-electron chi connectivity index (χ1n) is 7.81. The fraction of sp³-hybridized carbons (Fsp3) is 0.316. The first-order valence-corrected chi connectivity index (χ1v) is 7.81. The van der Waals surface area contributed by atoms with Gasteiger partial charge in [-0.25, -0.2) is 0 Å². The average Bonchev–Trinajstić information content (AvgIpc) is 2.99. The van der Waals surface area contributed by atoms with Crippen LogP contribution in [-0.4, -0.2) is 36.2 Å². The number of ether oxygens (including phenoxy) is 1. The Morgan fingerprint density at radius 3 is 2.52 bits per heavy atom. The molecule has 0 amide bonds. The molecule has 2 atom stereocenters. The molecule has 4 nitrogen and oxygen atoms in total. The number of hydrogen-bond acceptors (Lipinski definition) is 3. The van der Waals surface area contributed by atoms with Crippen LogP contribution in [0.3, 0.4) is 0 Å². The summed E-state index contributed by atoms with van der Waals surface area (Å²) in [5.41, 5.74) is 2.19. The highest BCUT2D eigenvalue weighted by Crippen LogP contribution is 2.38. The molecule has 0 saturated carbocycles. The van der Waals surface area contributed by atoms with Gasteiger partial charge in [0.05, 0.1) is 13.0 Å². The van der Waals surface area contributed by atoms with Gasteiger partial charge >= 0.3 is 5.97 Å². The van der Waals surface area contributed by atoms with Crippen LogP contribution in [0.5, 0.6) is 5.75 Å². The van der Waals surface area contributed by atoms with Gasteiger partial charge in [0.25, 0.3) is 0 Å². The lowest BCUT2D eigenvalue weighted by molar-refractivity contribution is -0.141. The third-order valence-electron chi connectivity index (χ3n) is 4.50. The van der Waals surface area contributed by atoms with E-state index in [1.165, 1.54) is 5.56 Å². The lowest BCUT2D eigenvalue weighted by atomic mass is 9.88. The molecule has 1 aliphatic rings. The zero-order valence-electron chi connectivity index (χ0n) is 13.2. The smallest absolute Gasteiger partial charge is 0.308 e. The topological polar surface area (TPSA) is 49.8 Å². The van der Waals surface area contributed by atoms with E-state index >= 15 is 0 Å². The van der Waals surface area contributed by atoms with Gasteiger partial charge in [0.15, 0.2) is 0 Å². The molecule has 23 heavy (non-hydrogen) atoms. The molecule has 2 aromatic carbocycles. The van der Waals surface area contributed by atoms with Crippen molar-refractivity contribution in [3.8, 4) is 5.75 Å². The normalized spacial score (nSPS) is 21.3. The van der Waals surface area contributed by atoms with Crippen molar-refractivity contribution in [1.82, 2.24) is 4.90 Å². The highest BCUT2D eigenvalue weighted by Gasteiger charge is 2.39. The summed E-state index contributed by atoms with van der Waals surface area (Å²) in [6, 6.07) is 17.9. The van der Waals surface area contributed by atoms with Crippen molar-refractivity contribution in [2.24, 2.45) is 5.92 Å². The molecular formula is C19H21NO3. The number of aliphatic carboxylic acids is 1. The Hall–Kier alpha value is -2.33. The van der Waals surface area contributed by atoms with E-state index in [9.17, 15) is 9.90 Å². The SMILES string of the molecule is COc1ccccc1[C@@H]1CN(Cc2ccccc2)C[C@@H]1C(=O)O. The Balaban J connectivity index is 1.83. The fourth-order valence-electron chi connectivity index (χ4n) is 3.39. The summed E-state index contributed by atoms with van der Waals surface area (Å²) in [6.45, 7) is 2.06. The number of likely N-dealkylation sites (tertiary alicyclic amines) is 1. The number of hydrogen-bond donors (Lipinski definition) is 1. The van der Waals surface area contributed by atoms with E-state index < -0.39 is 11.9 Å². The van der Waals surface area contributed by atoms with Crippen LogP contribution in [0, 0.1) is 5.92 Å². The molecule has 2 aromatic rings. The summed E-state index contributed by atoms with van der Waals surface area (Å²) in [7, 11) is 1.63. The van der Waals surface area contributed by atoms with Crippen LogP contribution in [-0.2, 0) is 11.3 Å². The monoisotopic (exact) mass is 311 g/mol. The number of nitrogens with zero attached hydrogens (tertiary/aromatic N) is 1. The van der Waals surface area contributed by atoms with Crippen molar-refractivity contribution in [1.29, 1.82) is 0 Å². The van der Waals surface area contributed by atoms with Crippen molar-refractivity contribution < 1.29 is 14.6 Å². The molecule has 0 unspecified atom stereocenters. The zero-order chi connectivity index (χ0) is 16.2. The van der Waals surface area contributed by atoms with E-state index in [2.05, 4.69) is 17.0 Å². The fourth-order valence-corrected chi connectivity index (χ4v) is 3.39. The number of carboxylic acids is 1. The Kier molecular flexibility index (Phi) is 4.63. The van der Waals surface area contributed by atoms with Crippen LogP contribution in [0.15, 0.2) is 54.6 Å². The van der Waals surface area contributed by atoms with Crippen molar-refractivity contribution >= 4 is 5.97 Å². The number of carboxylic acid groups (broad SMARTS) is 1. The minimum atomic E-state index is -0.739. The third kappa shape index (κ3) is 3.37. The minimum Gasteiger partial charge on any atom is -0.496 e. The molecule has 120 valence electrons. The number of carbonyl (C=O) groups is 1. The lowest BCUT2D eigenvalue weighted by Crippen LogP contribution is -2.23. The van der Waals surface area contributed by atoms with Crippen LogP contribution in [0.4, 0.5) is 0 Å². The van der Waals surface area contributed by atoms with Gasteiger partial charge in [0.2, 0.25) is 0 Å². The summed E-state index contributed by atoms with van der Waals surface area (Å²) in [4.78, 5) is 13.9. The van der Waals surface area contributed by atoms with Crippen LogP contribution in [0.1, 0.15) is 17.0 Å². The van der Waals surface area contributed by atoms with Gasteiger partial charge in [0, 0.05) is 25.6 Å². The predicted molar refractivity (Wildman–Crippen MR) is 88.6 cm³/mol. The summed E-state index contributed by atoms with van der Waals surface area (Å²) in [5.74, 6) is -0.427. The van der Waals surface area contributed by atoms with Gasteiger partial charge in [0.1, 0.15) is 5.75 Å². The van der Waals surface area contributed by atoms with Crippen molar-refractivity contribution in [2.75, 3.05) is 20.2 Å². The van der Waals surface area contributed by atoms with Gasteiger partial charge in [-0.05, 0) is 17.2 Å². The number of benzene rings is 2. The number of para-hydroxylation sites is 1. The maximum Gasteiger partial charge on any atom is 0.308 e. The molecule has 0 aromatic heterocycles. The minimum absolute atomic E-state index is 0.0487. The van der Waals surface area contributed by atoms with Gasteiger partial charge in [-0.1, -0.05) is 48.5 Å². The molecule has 0 bridgehead atoms. The Bertz CT molecular complexity index is 671. The first kappa shape index (κ1) is 15.6. The number of methoxy groups -OCH3 is 1. The van der Waals surface area contributed by atoms with E-state index in [0.717, 1.165) is 24.4 Å². The maximum atomic E-state index is 11.7. The van der Waals surface area contributed by atoms with Gasteiger partial charge in [-0.3, -0.25) is 9.69 Å². The molecule has 4 heteroatoms. The van der Waals surface area contributed by atoms with E-state index in [4.69, 9.17) is 4.74 Å². The summed E-state index contributed by atoms with van der Waals surface area (Å²) in [5, 5.41) is 9.62. The molecular weight excluding hydrogens is 290 g/mol. The van der Waals surface area contributed by atoms with E-state index in [0.29, 0.717) is 6.54 Å². The van der Waals surface area contributed by atoms with Crippen LogP contribution in [0.25, 0.3) is 0 Å². The van der Waals surface area contributed by atoms with Crippen molar-refractivity contribution in [2.45, 2.75) is 12.5 Å². The average molecular weight is 311 g/mol. The van der Waals surface area contributed by atoms with Crippen molar-refractivity contribution in [3.63, 3.8) is 0 Å². The Morgan fingerprint density at radius 2 is 1.83 bits per heavy atom. The molecule has 0 radical (unpaired) electrons. The van der Waals surface area contributed by atoms with Crippen LogP contribution < -0.4 is 4.74 Å². The highest BCUT2D eigenvalue weighted by atomic mass is 16.5. The summed E-state index contributed by atoms with van der Waals surface area (Å²) in [6.07, 6.45) is 0. The molecule has 1 aliphatic heterocycles. The van der Waals surface area contributed by atoms with Gasteiger partial charge < -0.3 is 9.84 Å². The summed E-state index contributed by atoms with van der Waals surface area (Å²) >= 11 is 0. The first-order chi connectivity index (χ1) is 11.2. The zero-order valence-corrected chi connectivity index (χ0v) is 13.2. The maximum absolute atomic E-state index is 11.7. The molecule has 1 saturated heterocycles. The second-order valence-electron chi connectivity index (χ2n) is 5.97. The molecule has 1 heterocycles.